The molecule has 0 spiro atoms. The fraction of sp³-hybridized carbons (Fsp3) is 0.462. The number of ether oxygens (including phenoxy) is 2. The Hall–Kier alpha value is -2.15. The maximum Gasteiger partial charge on any atom is 0.188 e. The summed E-state index contributed by atoms with van der Waals surface area (Å²) in [6, 6.07) is 5.64. The van der Waals surface area contributed by atoms with Gasteiger partial charge in [-0.05, 0) is 35.4 Å². The lowest BCUT2D eigenvalue weighted by Crippen LogP contribution is -2.23. The first-order valence-corrected chi connectivity index (χ1v) is 6.59. The largest absolute Gasteiger partial charge is 0.496 e. The first kappa shape index (κ1) is 12.9. The van der Waals surface area contributed by atoms with Crippen LogP contribution in [0.2, 0.25) is 0 Å². The molecular weight excluding hydrogens is 258 g/mol. The summed E-state index contributed by atoms with van der Waals surface area (Å²) in [4.78, 5) is 0. The van der Waals surface area contributed by atoms with Gasteiger partial charge in [-0.1, -0.05) is 6.07 Å². The zero-order chi connectivity index (χ0) is 13.9. The fourth-order valence-corrected chi connectivity index (χ4v) is 2.48. The maximum atomic E-state index is 6.07. The van der Waals surface area contributed by atoms with E-state index in [-0.39, 0.29) is 6.04 Å². The second kappa shape index (κ2) is 5.46. The summed E-state index contributed by atoms with van der Waals surface area (Å²) in [5.41, 5.74) is 7.39. The molecule has 2 heterocycles. The highest BCUT2D eigenvalue weighted by molar-refractivity contribution is 5.77. The van der Waals surface area contributed by atoms with Gasteiger partial charge in [0, 0.05) is 12.3 Å². The number of benzene rings is 1. The van der Waals surface area contributed by atoms with Crippen molar-refractivity contribution in [2.45, 2.75) is 18.9 Å². The average molecular weight is 275 g/mol. The quantitative estimate of drug-likeness (QED) is 0.849. The summed E-state index contributed by atoms with van der Waals surface area (Å²) in [6.07, 6.45) is 2.00. The molecule has 1 saturated heterocycles. The van der Waals surface area contributed by atoms with Crippen LogP contribution in [0.15, 0.2) is 18.2 Å². The Balaban J connectivity index is 2.05. The van der Waals surface area contributed by atoms with Gasteiger partial charge in [-0.2, -0.15) is 0 Å². The first-order valence-electron chi connectivity index (χ1n) is 6.59. The predicted octanol–water partition coefficient (Wildman–Crippen LogP) is 1.28. The van der Waals surface area contributed by atoms with Crippen molar-refractivity contribution in [2.75, 3.05) is 26.1 Å². The number of rotatable bonds is 3. The summed E-state index contributed by atoms with van der Waals surface area (Å²) in [5.74, 6) is 1.29. The van der Waals surface area contributed by atoms with Crippen LogP contribution < -0.4 is 10.5 Å². The number of tetrazole rings is 1. The van der Waals surface area contributed by atoms with Gasteiger partial charge in [0.25, 0.3) is 0 Å². The minimum atomic E-state index is 0.137. The molecule has 20 heavy (non-hydrogen) atoms. The Kier molecular flexibility index (Phi) is 3.51. The second-order valence-corrected chi connectivity index (χ2v) is 4.74. The highest BCUT2D eigenvalue weighted by Crippen LogP contribution is 2.35. The van der Waals surface area contributed by atoms with Crippen molar-refractivity contribution in [3.05, 3.63) is 18.2 Å². The number of nitrogen functional groups attached to an aromatic ring is 1. The molecule has 1 atom stereocenters. The lowest BCUT2D eigenvalue weighted by Gasteiger charge is -2.23. The number of hydrogen-bond acceptors (Lipinski definition) is 6. The van der Waals surface area contributed by atoms with E-state index in [0.717, 1.165) is 25.0 Å². The van der Waals surface area contributed by atoms with E-state index < -0.39 is 0 Å². The number of methoxy groups -OCH3 is 1. The Bertz CT molecular complexity index is 592. The molecule has 0 bridgehead atoms. The van der Waals surface area contributed by atoms with Crippen LogP contribution in [0.25, 0.3) is 11.4 Å². The van der Waals surface area contributed by atoms with Crippen LogP contribution in [-0.2, 0) is 4.74 Å². The summed E-state index contributed by atoms with van der Waals surface area (Å²) in [6.45, 7) is 1.41. The van der Waals surface area contributed by atoms with Gasteiger partial charge in [-0.15, -0.1) is 5.10 Å². The molecule has 7 nitrogen and oxygen atoms in total. The van der Waals surface area contributed by atoms with Gasteiger partial charge in [-0.3, -0.25) is 0 Å². The molecule has 0 aliphatic carbocycles. The standard InChI is InChI=1S/C13H17N5O2/c1-19-11-6-2-5-10(14)12(11)13-15-16-17-18(13)9-4-3-7-20-8-9/h2,5-6,9H,3-4,7-8,14H2,1H3. The molecule has 1 unspecified atom stereocenters. The Morgan fingerprint density at radius 3 is 3.10 bits per heavy atom. The number of anilines is 1. The lowest BCUT2D eigenvalue weighted by atomic mass is 10.1. The number of nitrogens with zero attached hydrogens (tertiary/aromatic N) is 4. The van der Waals surface area contributed by atoms with Gasteiger partial charge in [0.05, 0.1) is 25.3 Å². The Morgan fingerprint density at radius 1 is 1.45 bits per heavy atom. The van der Waals surface area contributed by atoms with Crippen LogP contribution in [-0.4, -0.2) is 40.5 Å². The van der Waals surface area contributed by atoms with Crippen molar-refractivity contribution in [3.63, 3.8) is 0 Å². The number of nitrogens with two attached hydrogens (primary N) is 1. The van der Waals surface area contributed by atoms with Gasteiger partial charge in [0.2, 0.25) is 0 Å². The van der Waals surface area contributed by atoms with Crippen molar-refractivity contribution in [3.8, 4) is 17.1 Å². The van der Waals surface area contributed by atoms with E-state index in [2.05, 4.69) is 15.5 Å². The van der Waals surface area contributed by atoms with Gasteiger partial charge >= 0.3 is 0 Å². The monoisotopic (exact) mass is 275 g/mol. The summed E-state index contributed by atoms with van der Waals surface area (Å²) < 4.78 is 12.7. The summed E-state index contributed by atoms with van der Waals surface area (Å²) in [7, 11) is 1.61. The van der Waals surface area contributed by atoms with E-state index in [1.807, 2.05) is 18.2 Å². The summed E-state index contributed by atoms with van der Waals surface area (Å²) in [5, 5.41) is 12.0. The van der Waals surface area contributed by atoms with Crippen molar-refractivity contribution in [1.82, 2.24) is 20.2 Å². The third kappa shape index (κ3) is 2.20. The molecule has 0 saturated carbocycles. The van der Waals surface area contributed by atoms with Crippen molar-refractivity contribution in [2.24, 2.45) is 0 Å². The SMILES string of the molecule is COc1cccc(N)c1-c1nnnn1C1CCCOC1. The molecule has 0 radical (unpaired) electrons. The van der Waals surface area contributed by atoms with Crippen LogP contribution >= 0.6 is 0 Å². The van der Waals surface area contributed by atoms with Crippen molar-refractivity contribution in [1.29, 1.82) is 0 Å². The Morgan fingerprint density at radius 2 is 2.35 bits per heavy atom. The molecule has 1 aromatic heterocycles. The van der Waals surface area contributed by atoms with Crippen molar-refractivity contribution < 1.29 is 9.47 Å². The van der Waals surface area contributed by atoms with E-state index in [1.54, 1.807) is 11.8 Å². The normalized spacial score (nSPS) is 18.9. The lowest BCUT2D eigenvalue weighted by molar-refractivity contribution is 0.0548. The molecule has 1 aliphatic heterocycles. The minimum Gasteiger partial charge on any atom is -0.496 e. The molecule has 106 valence electrons. The fourth-order valence-electron chi connectivity index (χ4n) is 2.48. The first-order chi connectivity index (χ1) is 9.81. The van der Waals surface area contributed by atoms with Gasteiger partial charge in [0.1, 0.15) is 5.75 Å². The van der Waals surface area contributed by atoms with Gasteiger partial charge in [0.15, 0.2) is 5.82 Å². The van der Waals surface area contributed by atoms with E-state index in [9.17, 15) is 0 Å². The molecule has 2 aromatic rings. The van der Waals surface area contributed by atoms with E-state index in [0.29, 0.717) is 23.9 Å². The molecule has 7 heteroatoms. The zero-order valence-electron chi connectivity index (χ0n) is 11.3. The topological polar surface area (TPSA) is 88.1 Å². The molecule has 0 amide bonds. The van der Waals surface area contributed by atoms with Crippen LogP contribution in [0.1, 0.15) is 18.9 Å². The predicted molar refractivity (Wildman–Crippen MR) is 73.3 cm³/mol. The van der Waals surface area contributed by atoms with E-state index >= 15 is 0 Å². The van der Waals surface area contributed by atoms with Gasteiger partial charge < -0.3 is 15.2 Å². The zero-order valence-corrected chi connectivity index (χ0v) is 11.3. The number of hydrogen-bond donors (Lipinski definition) is 1. The third-order valence-electron chi connectivity index (χ3n) is 3.48. The molecule has 1 aromatic carbocycles. The highest BCUT2D eigenvalue weighted by atomic mass is 16.5. The van der Waals surface area contributed by atoms with Crippen molar-refractivity contribution >= 4 is 5.69 Å². The van der Waals surface area contributed by atoms with Crippen LogP contribution in [0.4, 0.5) is 5.69 Å². The second-order valence-electron chi connectivity index (χ2n) is 4.74. The van der Waals surface area contributed by atoms with Crippen LogP contribution in [0, 0.1) is 0 Å². The van der Waals surface area contributed by atoms with Gasteiger partial charge in [-0.25, -0.2) is 4.68 Å². The van der Waals surface area contributed by atoms with E-state index in [1.165, 1.54) is 0 Å². The molecule has 1 fully saturated rings. The molecule has 1 aliphatic rings. The number of aromatic nitrogens is 4. The maximum absolute atomic E-state index is 6.07. The average Bonchev–Trinajstić information content (AvgIpc) is 2.96. The third-order valence-corrected chi connectivity index (χ3v) is 3.48. The molecular formula is C13H17N5O2. The molecule has 2 N–H and O–H groups in total. The summed E-state index contributed by atoms with van der Waals surface area (Å²) >= 11 is 0. The Labute approximate surface area is 116 Å². The van der Waals surface area contributed by atoms with E-state index in [4.69, 9.17) is 15.2 Å². The molecule has 3 rings (SSSR count). The van der Waals surface area contributed by atoms with Crippen LogP contribution in [0.3, 0.4) is 0 Å². The van der Waals surface area contributed by atoms with Crippen LogP contribution in [0.5, 0.6) is 5.75 Å². The smallest absolute Gasteiger partial charge is 0.188 e. The minimum absolute atomic E-state index is 0.137. The highest BCUT2D eigenvalue weighted by Gasteiger charge is 2.24.